The topological polar surface area (TPSA) is 59.1 Å². The van der Waals surface area contributed by atoms with Crippen molar-refractivity contribution in [3.05, 3.63) is 64.2 Å². The molecule has 0 bridgehead atoms. The fourth-order valence-corrected chi connectivity index (χ4v) is 4.66. The molecule has 2 aromatic carbocycles. The van der Waals surface area contributed by atoms with Crippen molar-refractivity contribution in [2.45, 2.75) is 63.8 Å². The molecule has 0 N–H and O–H groups in total. The molecule has 1 aliphatic heterocycles. The number of amides is 2. The number of alkyl halides is 9. The minimum atomic E-state index is -5.27. The Balaban J connectivity index is 2.29. The fourth-order valence-electron chi connectivity index (χ4n) is 4.66. The summed E-state index contributed by atoms with van der Waals surface area (Å²) in [4.78, 5) is 27.5. The molecule has 1 aliphatic rings. The number of methoxy groups -OCH3 is 1. The fraction of sp³-hybridized carbons (Fsp3) is 0.462. The van der Waals surface area contributed by atoms with Gasteiger partial charge in [0.05, 0.1) is 46.2 Å². The maximum Gasteiger partial charge on any atom is 0.416 e. The van der Waals surface area contributed by atoms with Gasteiger partial charge in [-0.15, -0.1) is 0 Å². The van der Waals surface area contributed by atoms with E-state index in [0.717, 1.165) is 11.0 Å². The van der Waals surface area contributed by atoms with E-state index in [1.165, 1.54) is 6.92 Å². The molecule has 41 heavy (non-hydrogen) atoms. The molecular weight excluding hydrogens is 575 g/mol. The van der Waals surface area contributed by atoms with Gasteiger partial charge in [0.25, 0.3) is 0 Å². The Labute approximate surface area is 232 Å². The maximum absolute atomic E-state index is 13.7. The van der Waals surface area contributed by atoms with Gasteiger partial charge in [0.15, 0.2) is 0 Å². The molecule has 2 amide bonds. The average Bonchev–Trinajstić information content (AvgIpc) is 2.88. The molecule has 2 aromatic rings. The van der Waals surface area contributed by atoms with Crippen LogP contribution in [-0.4, -0.2) is 36.8 Å². The van der Waals surface area contributed by atoms with Crippen LogP contribution in [-0.2, 0) is 34.5 Å². The Morgan fingerprint density at radius 2 is 1.51 bits per heavy atom. The van der Waals surface area contributed by atoms with Gasteiger partial charge in [0.2, 0.25) is 0 Å². The molecule has 1 heterocycles. The molecular formula is C26H25F9N2O4. The van der Waals surface area contributed by atoms with Crippen LogP contribution in [0.4, 0.5) is 54.8 Å². The zero-order chi connectivity index (χ0) is 33.4. The molecule has 15 heteroatoms. The van der Waals surface area contributed by atoms with Crippen LogP contribution >= 0.6 is 0 Å². The summed E-state index contributed by atoms with van der Waals surface area (Å²) < 4.78 is 154. The summed E-state index contributed by atoms with van der Waals surface area (Å²) in [5.41, 5.74) is -6.12. The SMILES string of the molecule is [2H]C([2H])([2H])OC(=O)N(Cc1cc(C(F)(F)F)cc(C(F)(F)F)c1)[C@H]1C[C@@H](CC)N(C(=O)OCC)c2ccc(C(F)(F)F)cc21. The first-order chi connectivity index (χ1) is 20.1. The van der Waals surface area contributed by atoms with Gasteiger partial charge >= 0.3 is 30.7 Å². The van der Waals surface area contributed by atoms with Crippen molar-refractivity contribution in [1.82, 2.24) is 4.90 Å². The third-order valence-electron chi connectivity index (χ3n) is 6.47. The molecule has 0 unspecified atom stereocenters. The first-order valence-electron chi connectivity index (χ1n) is 13.5. The van der Waals surface area contributed by atoms with Crippen LogP contribution < -0.4 is 4.90 Å². The lowest BCUT2D eigenvalue weighted by Gasteiger charge is -2.43. The number of ether oxygens (including phenoxy) is 2. The van der Waals surface area contributed by atoms with Crippen LogP contribution in [0.15, 0.2) is 36.4 Å². The summed E-state index contributed by atoms with van der Waals surface area (Å²) >= 11 is 0. The number of fused-ring (bicyclic) bond motifs is 1. The third kappa shape index (κ3) is 6.99. The van der Waals surface area contributed by atoms with E-state index >= 15 is 0 Å². The van der Waals surface area contributed by atoms with Gasteiger partial charge in [-0.1, -0.05) is 6.92 Å². The lowest BCUT2D eigenvalue weighted by molar-refractivity contribution is -0.143. The zero-order valence-electron chi connectivity index (χ0n) is 24.4. The van der Waals surface area contributed by atoms with Crippen LogP contribution in [0, 0.1) is 0 Å². The van der Waals surface area contributed by atoms with Gasteiger partial charge in [-0.25, -0.2) is 9.59 Å². The van der Waals surface area contributed by atoms with E-state index in [0.29, 0.717) is 29.2 Å². The summed E-state index contributed by atoms with van der Waals surface area (Å²) in [5, 5.41) is 0. The Bertz CT molecular complexity index is 1350. The van der Waals surface area contributed by atoms with Crippen LogP contribution in [0.1, 0.15) is 64.7 Å². The van der Waals surface area contributed by atoms with Gasteiger partial charge in [-0.2, -0.15) is 39.5 Å². The van der Waals surface area contributed by atoms with E-state index in [-0.39, 0.29) is 24.8 Å². The van der Waals surface area contributed by atoms with E-state index in [1.54, 1.807) is 6.92 Å². The molecule has 3 rings (SSSR count). The van der Waals surface area contributed by atoms with Crippen LogP contribution in [0.3, 0.4) is 0 Å². The number of rotatable bonds is 5. The smallest absolute Gasteiger partial charge is 0.416 e. The van der Waals surface area contributed by atoms with Gasteiger partial charge in [0.1, 0.15) is 0 Å². The van der Waals surface area contributed by atoms with Gasteiger partial charge in [-0.3, -0.25) is 9.80 Å². The maximum atomic E-state index is 13.7. The highest BCUT2D eigenvalue weighted by molar-refractivity contribution is 5.90. The summed E-state index contributed by atoms with van der Waals surface area (Å²) in [5.74, 6) is 0. The lowest BCUT2D eigenvalue weighted by Crippen LogP contribution is -2.48. The predicted molar refractivity (Wildman–Crippen MR) is 127 cm³/mol. The number of benzene rings is 2. The predicted octanol–water partition coefficient (Wildman–Crippen LogP) is 8.20. The number of anilines is 1. The number of nitrogens with zero attached hydrogens (tertiary/aromatic N) is 2. The van der Waals surface area contributed by atoms with Crippen molar-refractivity contribution in [3.63, 3.8) is 0 Å². The number of hydrogen-bond acceptors (Lipinski definition) is 4. The van der Waals surface area contributed by atoms with E-state index < -0.39 is 90.6 Å². The minimum Gasteiger partial charge on any atom is -0.453 e. The Kier molecular flexibility index (Phi) is 7.84. The van der Waals surface area contributed by atoms with E-state index in [9.17, 15) is 49.1 Å². The van der Waals surface area contributed by atoms with Crippen molar-refractivity contribution >= 4 is 17.9 Å². The quantitative estimate of drug-likeness (QED) is 0.324. The van der Waals surface area contributed by atoms with Crippen molar-refractivity contribution in [2.24, 2.45) is 0 Å². The first-order valence-corrected chi connectivity index (χ1v) is 12.0. The highest BCUT2D eigenvalue weighted by Crippen LogP contribution is 2.45. The lowest BCUT2D eigenvalue weighted by atomic mass is 9.87. The Morgan fingerprint density at radius 1 is 0.927 bits per heavy atom. The van der Waals surface area contributed by atoms with Crippen LogP contribution in [0.2, 0.25) is 0 Å². The molecule has 0 aromatic heterocycles. The molecule has 6 nitrogen and oxygen atoms in total. The van der Waals surface area contributed by atoms with E-state index in [2.05, 4.69) is 4.74 Å². The Morgan fingerprint density at radius 3 is 2.00 bits per heavy atom. The molecule has 226 valence electrons. The van der Waals surface area contributed by atoms with Gasteiger partial charge < -0.3 is 9.47 Å². The molecule has 0 saturated heterocycles. The zero-order valence-corrected chi connectivity index (χ0v) is 21.4. The molecule has 0 saturated carbocycles. The Hall–Kier alpha value is -3.65. The highest BCUT2D eigenvalue weighted by atomic mass is 19.4. The number of carbonyl (C=O) groups excluding carboxylic acids is 2. The number of hydrogen-bond donors (Lipinski definition) is 0. The van der Waals surface area contributed by atoms with Crippen LogP contribution in [0.5, 0.6) is 0 Å². The molecule has 0 aliphatic carbocycles. The highest BCUT2D eigenvalue weighted by Gasteiger charge is 2.43. The summed E-state index contributed by atoms with van der Waals surface area (Å²) in [6.45, 7) is 1.77. The summed E-state index contributed by atoms with van der Waals surface area (Å²) in [7, 11) is -3.45. The monoisotopic (exact) mass is 603 g/mol. The largest absolute Gasteiger partial charge is 0.453 e. The number of carbonyl (C=O) groups is 2. The van der Waals surface area contributed by atoms with E-state index in [4.69, 9.17) is 8.85 Å². The summed E-state index contributed by atoms with van der Waals surface area (Å²) in [6.07, 6.45) is -18.5. The normalized spacial score (nSPS) is 19.0. The second-order valence-electron chi connectivity index (χ2n) is 9.06. The second-order valence-corrected chi connectivity index (χ2v) is 9.06. The van der Waals surface area contributed by atoms with Crippen LogP contribution in [0.25, 0.3) is 0 Å². The van der Waals surface area contributed by atoms with E-state index in [1.807, 2.05) is 0 Å². The molecule has 0 fully saturated rings. The average molecular weight is 603 g/mol. The second kappa shape index (κ2) is 11.7. The van der Waals surface area contributed by atoms with Crippen molar-refractivity contribution in [2.75, 3.05) is 18.5 Å². The minimum absolute atomic E-state index is 0.0969. The molecule has 0 spiro atoms. The standard InChI is InChI=1S/C26H25F9N2O4/c1-4-18-12-21(19-11-15(24(27,28)29)6-7-20(19)37(18)23(39)41-5-2)36(22(38)40-3)13-14-8-16(25(30,31)32)10-17(9-14)26(33,34)35/h6-11,18,21H,4-5,12-13H2,1-3H3/t18-,21+/m1/s1/i3D3. The summed E-state index contributed by atoms with van der Waals surface area (Å²) in [6, 6.07) is -0.00549. The molecule has 0 radical (unpaired) electrons. The van der Waals surface area contributed by atoms with Crippen molar-refractivity contribution in [1.29, 1.82) is 0 Å². The van der Waals surface area contributed by atoms with Crippen molar-refractivity contribution in [3.8, 4) is 0 Å². The van der Waals surface area contributed by atoms with Crippen molar-refractivity contribution < 1.29 is 62.7 Å². The van der Waals surface area contributed by atoms with Gasteiger partial charge in [0, 0.05) is 12.6 Å². The van der Waals surface area contributed by atoms with Gasteiger partial charge in [-0.05, 0) is 67.3 Å². The first kappa shape index (κ1) is 27.5. The molecule has 2 atom stereocenters. The third-order valence-corrected chi connectivity index (χ3v) is 6.47. The number of halogens is 9.